The monoisotopic (exact) mass is 230 g/mol. The molecule has 0 spiro atoms. The number of carbonyl (C=O) groups is 1. The van der Waals surface area contributed by atoms with Crippen LogP contribution >= 0.6 is 0 Å². The molecule has 0 heterocycles. The lowest BCUT2D eigenvalue weighted by Crippen LogP contribution is -2.07. The Morgan fingerprint density at radius 1 is 1.24 bits per heavy atom. The molecule has 1 rings (SSSR count). The predicted molar refractivity (Wildman–Crippen MR) is 74.0 cm³/mol. The Balaban J connectivity index is 0.00000121. The van der Waals surface area contributed by atoms with Gasteiger partial charge in [-0.15, -0.1) is 12.8 Å². The maximum atomic E-state index is 11.1. The zero-order valence-electron chi connectivity index (χ0n) is 11.3. The Morgan fingerprint density at radius 3 is 2.29 bits per heavy atom. The maximum Gasteiger partial charge on any atom is 0.132 e. The molecule has 0 saturated carbocycles. The number of terminal acetylenes is 1. The third kappa shape index (κ3) is 5.36. The first-order valence-electron chi connectivity index (χ1n) is 5.90. The summed E-state index contributed by atoms with van der Waals surface area (Å²) in [5.74, 6) is 0.477. The molecular weight excluding hydrogens is 208 g/mol. The highest BCUT2D eigenvalue weighted by Crippen LogP contribution is 2.14. The number of hydrogen-bond donors (Lipinski definition) is 0. The van der Waals surface area contributed by atoms with Crippen molar-refractivity contribution in [1.29, 1.82) is 0 Å². The van der Waals surface area contributed by atoms with Gasteiger partial charge >= 0.3 is 0 Å². The van der Waals surface area contributed by atoms with Gasteiger partial charge in [0.1, 0.15) is 5.78 Å². The van der Waals surface area contributed by atoms with E-state index in [1.807, 2.05) is 6.92 Å². The molecule has 1 nitrogen and oxygen atoms in total. The summed E-state index contributed by atoms with van der Waals surface area (Å²) in [6, 6.07) is 6.54. The van der Waals surface area contributed by atoms with Crippen LogP contribution in [0.1, 0.15) is 37.0 Å². The fourth-order valence-corrected chi connectivity index (χ4v) is 1.55. The molecule has 92 valence electrons. The molecule has 17 heavy (non-hydrogen) atoms. The molecular formula is C16H22O. The van der Waals surface area contributed by atoms with Crippen LogP contribution in [-0.2, 0) is 11.2 Å². The fourth-order valence-electron chi connectivity index (χ4n) is 1.55. The minimum atomic E-state index is 0.187. The van der Waals surface area contributed by atoms with Crippen molar-refractivity contribution in [2.24, 2.45) is 5.92 Å². The lowest BCUT2D eigenvalue weighted by atomic mass is 9.96. The second-order valence-corrected chi connectivity index (χ2v) is 4.47. The zero-order chi connectivity index (χ0) is 13.4. The minimum absolute atomic E-state index is 0.187. The highest BCUT2D eigenvalue weighted by atomic mass is 16.1. The molecule has 1 atom stereocenters. The molecule has 1 heteroatoms. The number of ketones is 1. The van der Waals surface area contributed by atoms with Crippen LogP contribution in [0.15, 0.2) is 18.2 Å². The van der Waals surface area contributed by atoms with E-state index in [0.29, 0.717) is 5.78 Å². The van der Waals surface area contributed by atoms with Crippen LogP contribution in [0.25, 0.3) is 0 Å². The van der Waals surface area contributed by atoms with Crippen LogP contribution < -0.4 is 0 Å². The Kier molecular flexibility index (Phi) is 6.98. The quantitative estimate of drug-likeness (QED) is 0.721. The molecule has 0 amide bonds. The number of rotatable bonds is 4. The fraction of sp³-hybridized carbons (Fsp3) is 0.438. The number of carbonyl (C=O) groups excluding carboxylic acids is 1. The van der Waals surface area contributed by atoms with E-state index in [-0.39, 0.29) is 5.92 Å². The SMILES string of the molecule is C#C.CC(=O)[C@@H](C)CCc1ccc(C)c(C)c1. The summed E-state index contributed by atoms with van der Waals surface area (Å²) in [5, 5.41) is 0. The molecule has 0 N–H and O–H groups in total. The molecule has 0 bridgehead atoms. The van der Waals surface area contributed by atoms with Gasteiger partial charge in [0.05, 0.1) is 0 Å². The normalized spacial score (nSPS) is 11.2. The molecule has 1 aromatic rings. The third-order valence-corrected chi connectivity index (χ3v) is 3.13. The standard InChI is InChI=1S/C14H20O.C2H2/c1-10-5-7-14(9-12(10)3)8-6-11(2)13(4)15;1-2/h5,7,9,11H,6,8H2,1-4H3;1-2H/t11-;/m0./s1. The molecule has 0 aromatic heterocycles. The lowest BCUT2D eigenvalue weighted by Gasteiger charge is -2.08. The first kappa shape index (κ1) is 15.4. The van der Waals surface area contributed by atoms with E-state index in [4.69, 9.17) is 0 Å². The predicted octanol–water partition coefficient (Wildman–Crippen LogP) is 3.71. The second-order valence-electron chi connectivity index (χ2n) is 4.47. The highest BCUT2D eigenvalue weighted by molar-refractivity contribution is 5.77. The highest BCUT2D eigenvalue weighted by Gasteiger charge is 2.07. The van der Waals surface area contributed by atoms with Crippen molar-refractivity contribution in [3.05, 3.63) is 34.9 Å². The van der Waals surface area contributed by atoms with Crippen molar-refractivity contribution < 1.29 is 4.79 Å². The van der Waals surface area contributed by atoms with Crippen LogP contribution in [-0.4, -0.2) is 5.78 Å². The van der Waals surface area contributed by atoms with Crippen LogP contribution in [0.4, 0.5) is 0 Å². The first-order chi connectivity index (χ1) is 8.00. The maximum absolute atomic E-state index is 11.1. The van der Waals surface area contributed by atoms with Crippen LogP contribution in [0.3, 0.4) is 0 Å². The smallest absolute Gasteiger partial charge is 0.132 e. The number of aryl methyl sites for hydroxylation is 3. The van der Waals surface area contributed by atoms with Crippen molar-refractivity contribution in [2.75, 3.05) is 0 Å². The second kappa shape index (κ2) is 7.68. The number of hydrogen-bond acceptors (Lipinski definition) is 1. The summed E-state index contributed by atoms with van der Waals surface area (Å²) in [6.07, 6.45) is 9.96. The van der Waals surface area contributed by atoms with E-state index in [1.165, 1.54) is 16.7 Å². The van der Waals surface area contributed by atoms with E-state index < -0.39 is 0 Å². The largest absolute Gasteiger partial charge is 0.300 e. The molecule has 0 aliphatic carbocycles. The van der Waals surface area contributed by atoms with Gasteiger partial charge in [-0.05, 0) is 50.3 Å². The van der Waals surface area contributed by atoms with E-state index in [0.717, 1.165) is 12.8 Å². The molecule has 0 saturated heterocycles. The molecule has 0 radical (unpaired) electrons. The van der Waals surface area contributed by atoms with Crippen LogP contribution in [0.2, 0.25) is 0 Å². The summed E-state index contributed by atoms with van der Waals surface area (Å²) in [6.45, 7) is 7.93. The van der Waals surface area contributed by atoms with Gasteiger partial charge in [-0.1, -0.05) is 25.1 Å². The molecule has 0 unspecified atom stereocenters. The lowest BCUT2D eigenvalue weighted by molar-refractivity contribution is -0.120. The van der Waals surface area contributed by atoms with Gasteiger partial charge in [0.2, 0.25) is 0 Å². The minimum Gasteiger partial charge on any atom is -0.300 e. The Morgan fingerprint density at radius 2 is 1.82 bits per heavy atom. The van der Waals surface area contributed by atoms with Crippen molar-refractivity contribution in [1.82, 2.24) is 0 Å². The van der Waals surface area contributed by atoms with Crippen LogP contribution in [0, 0.1) is 32.6 Å². The van der Waals surface area contributed by atoms with Crippen molar-refractivity contribution in [3.63, 3.8) is 0 Å². The number of Topliss-reactive ketones (excluding diaryl/α,β-unsaturated/α-hetero) is 1. The average molecular weight is 230 g/mol. The topological polar surface area (TPSA) is 17.1 Å². The Bertz CT molecular complexity index is 388. The summed E-state index contributed by atoms with van der Waals surface area (Å²) in [7, 11) is 0. The third-order valence-electron chi connectivity index (χ3n) is 3.13. The molecule has 1 aromatic carbocycles. The van der Waals surface area contributed by atoms with E-state index >= 15 is 0 Å². The van der Waals surface area contributed by atoms with Gasteiger partial charge in [0.25, 0.3) is 0 Å². The average Bonchev–Trinajstić information content (AvgIpc) is 2.32. The first-order valence-corrected chi connectivity index (χ1v) is 5.90. The van der Waals surface area contributed by atoms with Crippen molar-refractivity contribution in [3.8, 4) is 12.8 Å². The van der Waals surface area contributed by atoms with Gasteiger partial charge in [0, 0.05) is 5.92 Å². The van der Waals surface area contributed by atoms with Gasteiger partial charge in [-0.3, -0.25) is 4.79 Å². The van der Waals surface area contributed by atoms with Gasteiger partial charge in [-0.25, -0.2) is 0 Å². The number of benzene rings is 1. The van der Waals surface area contributed by atoms with Gasteiger partial charge < -0.3 is 0 Å². The summed E-state index contributed by atoms with van der Waals surface area (Å²) < 4.78 is 0. The summed E-state index contributed by atoms with van der Waals surface area (Å²) >= 11 is 0. The van der Waals surface area contributed by atoms with Crippen LogP contribution in [0.5, 0.6) is 0 Å². The molecule has 0 aliphatic rings. The van der Waals surface area contributed by atoms with Gasteiger partial charge in [-0.2, -0.15) is 0 Å². The Labute approximate surface area is 105 Å². The molecule has 0 aliphatic heterocycles. The van der Waals surface area contributed by atoms with Crippen molar-refractivity contribution >= 4 is 5.78 Å². The Hall–Kier alpha value is -1.55. The summed E-state index contributed by atoms with van der Waals surface area (Å²) in [4.78, 5) is 11.1. The summed E-state index contributed by atoms with van der Waals surface area (Å²) in [5.41, 5.74) is 4.01. The van der Waals surface area contributed by atoms with E-state index in [9.17, 15) is 4.79 Å². The van der Waals surface area contributed by atoms with Gasteiger partial charge in [0.15, 0.2) is 0 Å². The van der Waals surface area contributed by atoms with E-state index in [2.05, 4.69) is 44.9 Å². The van der Waals surface area contributed by atoms with E-state index in [1.54, 1.807) is 6.92 Å². The molecule has 0 fully saturated rings. The van der Waals surface area contributed by atoms with Crippen molar-refractivity contribution in [2.45, 2.75) is 40.5 Å². The zero-order valence-corrected chi connectivity index (χ0v) is 11.3.